The first kappa shape index (κ1) is 14.5. The standard InChI is InChI=1S/C11H15BrN2O2.ClH/c1-7-5-13-3-2-9(7)14-11(15)8-4-10(12)16-6-8;/h4,6-7,9,13H,2-3,5H2,1H3,(H,14,15);1H. The Hall–Kier alpha value is -0.520. The lowest BCUT2D eigenvalue weighted by molar-refractivity contribution is 0.0913. The van der Waals surface area contributed by atoms with Gasteiger partial charge in [0.05, 0.1) is 5.56 Å². The minimum atomic E-state index is -0.0619. The molecule has 0 spiro atoms. The van der Waals surface area contributed by atoms with E-state index in [0.717, 1.165) is 19.5 Å². The van der Waals surface area contributed by atoms with Crippen LogP contribution in [0.2, 0.25) is 0 Å². The van der Waals surface area contributed by atoms with Gasteiger partial charge >= 0.3 is 0 Å². The summed E-state index contributed by atoms with van der Waals surface area (Å²) in [5.41, 5.74) is 0.567. The van der Waals surface area contributed by atoms with E-state index in [0.29, 0.717) is 16.2 Å². The molecule has 0 saturated carbocycles. The molecule has 6 heteroatoms. The molecule has 1 aliphatic rings. The molecule has 2 atom stereocenters. The number of piperidine rings is 1. The average molecular weight is 324 g/mol. The number of carbonyl (C=O) groups is 1. The first-order chi connectivity index (χ1) is 7.66. The van der Waals surface area contributed by atoms with Crippen LogP contribution in [0.3, 0.4) is 0 Å². The maximum Gasteiger partial charge on any atom is 0.254 e. The molecule has 2 unspecified atom stereocenters. The highest BCUT2D eigenvalue weighted by Crippen LogP contribution is 2.15. The topological polar surface area (TPSA) is 54.3 Å². The maximum absolute atomic E-state index is 11.9. The predicted molar refractivity (Wildman–Crippen MR) is 71.6 cm³/mol. The van der Waals surface area contributed by atoms with Crippen LogP contribution in [0, 0.1) is 5.92 Å². The molecule has 1 saturated heterocycles. The highest BCUT2D eigenvalue weighted by molar-refractivity contribution is 9.10. The fourth-order valence-corrected chi connectivity index (χ4v) is 2.25. The van der Waals surface area contributed by atoms with E-state index >= 15 is 0 Å². The maximum atomic E-state index is 11.9. The van der Waals surface area contributed by atoms with Gasteiger partial charge in [0.15, 0.2) is 4.67 Å². The van der Waals surface area contributed by atoms with Crippen LogP contribution in [0.25, 0.3) is 0 Å². The average Bonchev–Trinajstić information content (AvgIpc) is 2.68. The lowest BCUT2D eigenvalue weighted by Gasteiger charge is -2.30. The largest absolute Gasteiger partial charge is 0.457 e. The normalized spacial score (nSPS) is 23.9. The minimum absolute atomic E-state index is 0. The number of halogens is 2. The number of furan rings is 1. The molecular weight excluding hydrogens is 307 g/mol. The van der Waals surface area contributed by atoms with Gasteiger partial charge in [-0.15, -0.1) is 12.4 Å². The van der Waals surface area contributed by atoms with Gasteiger partial charge in [0.25, 0.3) is 5.91 Å². The zero-order valence-corrected chi connectivity index (χ0v) is 11.9. The van der Waals surface area contributed by atoms with Crippen molar-refractivity contribution in [2.75, 3.05) is 13.1 Å². The third-order valence-electron chi connectivity index (χ3n) is 2.93. The van der Waals surface area contributed by atoms with Gasteiger partial charge in [-0.3, -0.25) is 4.79 Å². The third-order valence-corrected chi connectivity index (χ3v) is 3.35. The lowest BCUT2D eigenvalue weighted by Crippen LogP contribution is -2.48. The van der Waals surface area contributed by atoms with E-state index in [4.69, 9.17) is 4.42 Å². The summed E-state index contributed by atoms with van der Waals surface area (Å²) in [7, 11) is 0. The molecule has 2 heterocycles. The van der Waals surface area contributed by atoms with Crippen molar-refractivity contribution in [1.82, 2.24) is 10.6 Å². The second kappa shape index (κ2) is 6.42. The van der Waals surface area contributed by atoms with Crippen LogP contribution in [0.15, 0.2) is 21.4 Å². The Kier molecular flexibility index (Phi) is 5.49. The number of nitrogens with one attached hydrogen (secondary N) is 2. The molecule has 96 valence electrons. The van der Waals surface area contributed by atoms with E-state index in [-0.39, 0.29) is 24.4 Å². The van der Waals surface area contributed by atoms with Crippen LogP contribution in [-0.2, 0) is 0 Å². The summed E-state index contributed by atoms with van der Waals surface area (Å²) in [6.45, 7) is 4.06. The van der Waals surface area contributed by atoms with Gasteiger partial charge in [-0.25, -0.2) is 0 Å². The zero-order chi connectivity index (χ0) is 11.5. The van der Waals surface area contributed by atoms with E-state index < -0.39 is 0 Å². The predicted octanol–water partition coefficient (Wildman–Crippen LogP) is 2.19. The lowest BCUT2D eigenvalue weighted by atomic mass is 9.95. The van der Waals surface area contributed by atoms with Crippen molar-refractivity contribution >= 4 is 34.2 Å². The summed E-state index contributed by atoms with van der Waals surface area (Å²) in [6, 6.07) is 1.93. The molecule has 2 rings (SSSR count). The van der Waals surface area contributed by atoms with Gasteiger partial charge in [0, 0.05) is 12.1 Å². The number of rotatable bonds is 2. The Morgan fingerprint density at radius 2 is 2.41 bits per heavy atom. The monoisotopic (exact) mass is 322 g/mol. The summed E-state index contributed by atoms with van der Waals surface area (Å²) in [6.07, 6.45) is 2.44. The molecular formula is C11H16BrClN2O2. The first-order valence-electron chi connectivity index (χ1n) is 5.42. The number of hydrogen-bond donors (Lipinski definition) is 2. The van der Waals surface area contributed by atoms with Gasteiger partial charge in [0.2, 0.25) is 0 Å². The van der Waals surface area contributed by atoms with E-state index in [1.807, 2.05) is 0 Å². The summed E-state index contributed by atoms with van der Waals surface area (Å²) in [4.78, 5) is 11.9. The molecule has 2 N–H and O–H groups in total. The Labute approximate surface area is 115 Å². The van der Waals surface area contributed by atoms with E-state index in [1.54, 1.807) is 6.07 Å². The van der Waals surface area contributed by atoms with Crippen LogP contribution < -0.4 is 10.6 Å². The number of carbonyl (C=O) groups excluding carboxylic acids is 1. The van der Waals surface area contributed by atoms with E-state index in [9.17, 15) is 4.79 Å². The van der Waals surface area contributed by atoms with Gasteiger partial charge in [-0.2, -0.15) is 0 Å². The Bertz CT molecular complexity index is 383. The molecule has 1 amide bonds. The quantitative estimate of drug-likeness (QED) is 0.877. The van der Waals surface area contributed by atoms with Crippen LogP contribution in [0.5, 0.6) is 0 Å². The SMILES string of the molecule is CC1CNCCC1NC(=O)c1coc(Br)c1.Cl. The Morgan fingerprint density at radius 1 is 1.65 bits per heavy atom. The van der Waals surface area contributed by atoms with Gasteiger partial charge in [-0.05, 0) is 41.4 Å². The second-order valence-corrected chi connectivity index (χ2v) is 4.97. The van der Waals surface area contributed by atoms with Crippen LogP contribution in [-0.4, -0.2) is 25.0 Å². The number of hydrogen-bond acceptors (Lipinski definition) is 3. The van der Waals surface area contributed by atoms with Crippen molar-refractivity contribution in [3.63, 3.8) is 0 Å². The first-order valence-corrected chi connectivity index (χ1v) is 6.21. The molecule has 0 bridgehead atoms. The van der Waals surface area contributed by atoms with Crippen molar-refractivity contribution in [3.05, 3.63) is 22.6 Å². The zero-order valence-electron chi connectivity index (χ0n) is 9.53. The molecule has 17 heavy (non-hydrogen) atoms. The fourth-order valence-electron chi connectivity index (χ4n) is 1.91. The van der Waals surface area contributed by atoms with Gasteiger partial charge in [-0.1, -0.05) is 6.92 Å². The molecule has 1 aromatic heterocycles. The summed E-state index contributed by atoms with van der Waals surface area (Å²) in [5.74, 6) is 0.404. The van der Waals surface area contributed by atoms with Crippen LogP contribution in [0.4, 0.5) is 0 Å². The van der Waals surface area contributed by atoms with Gasteiger partial charge < -0.3 is 15.1 Å². The van der Waals surface area contributed by atoms with Crippen molar-refractivity contribution in [2.45, 2.75) is 19.4 Å². The summed E-state index contributed by atoms with van der Waals surface area (Å²) in [5, 5.41) is 6.34. The molecule has 1 aromatic rings. The van der Waals surface area contributed by atoms with Crippen LogP contribution >= 0.6 is 28.3 Å². The second-order valence-electron chi connectivity index (χ2n) is 4.19. The summed E-state index contributed by atoms with van der Waals surface area (Å²) >= 11 is 3.18. The Balaban J connectivity index is 0.00000144. The van der Waals surface area contributed by atoms with Crippen LogP contribution in [0.1, 0.15) is 23.7 Å². The fraction of sp³-hybridized carbons (Fsp3) is 0.545. The molecule has 1 fully saturated rings. The van der Waals surface area contributed by atoms with E-state index in [1.165, 1.54) is 6.26 Å². The molecule has 0 aliphatic carbocycles. The molecule has 4 nitrogen and oxygen atoms in total. The van der Waals surface area contributed by atoms with Crippen molar-refractivity contribution in [1.29, 1.82) is 0 Å². The van der Waals surface area contributed by atoms with Crippen molar-refractivity contribution < 1.29 is 9.21 Å². The van der Waals surface area contributed by atoms with E-state index in [2.05, 4.69) is 33.5 Å². The third kappa shape index (κ3) is 3.72. The Morgan fingerprint density at radius 3 is 3.00 bits per heavy atom. The smallest absolute Gasteiger partial charge is 0.254 e. The van der Waals surface area contributed by atoms with Crippen molar-refractivity contribution in [2.24, 2.45) is 5.92 Å². The van der Waals surface area contributed by atoms with Gasteiger partial charge in [0.1, 0.15) is 6.26 Å². The minimum Gasteiger partial charge on any atom is -0.457 e. The number of amides is 1. The molecule has 0 radical (unpaired) electrons. The highest BCUT2D eigenvalue weighted by Gasteiger charge is 2.23. The molecule has 1 aliphatic heterocycles. The summed E-state index contributed by atoms with van der Waals surface area (Å²) < 4.78 is 5.62. The van der Waals surface area contributed by atoms with Crippen molar-refractivity contribution in [3.8, 4) is 0 Å². The molecule has 0 aromatic carbocycles. The highest BCUT2D eigenvalue weighted by atomic mass is 79.9.